The molecule has 0 aliphatic heterocycles. The van der Waals surface area contributed by atoms with Crippen molar-refractivity contribution in [2.75, 3.05) is 5.73 Å². The molecular formula is C12H13N3. The summed E-state index contributed by atoms with van der Waals surface area (Å²) in [6.45, 7) is 3.98. The fourth-order valence-electron chi connectivity index (χ4n) is 1.59. The van der Waals surface area contributed by atoms with Crippen molar-refractivity contribution in [1.82, 2.24) is 9.97 Å². The number of nitrogens with two attached hydrogens (primary N) is 1. The molecule has 15 heavy (non-hydrogen) atoms. The van der Waals surface area contributed by atoms with Crippen LogP contribution >= 0.6 is 0 Å². The average molecular weight is 199 g/mol. The minimum absolute atomic E-state index is 0.696. The summed E-state index contributed by atoms with van der Waals surface area (Å²) in [5, 5.41) is 0. The lowest BCUT2D eigenvalue weighted by atomic mass is 10.1. The van der Waals surface area contributed by atoms with Crippen LogP contribution in [0.5, 0.6) is 0 Å². The van der Waals surface area contributed by atoms with Gasteiger partial charge in [-0.15, -0.1) is 0 Å². The molecule has 0 fully saturated rings. The molecular weight excluding hydrogens is 186 g/mol. The van der Waals surface area contributed by atoms with E-state index in [-0.39, 0.29) is 0 Å². The van der Waals surface area contributed by atoms with E-state index in [1.54, 1.807) is 12.4 Å². The molecule has 0 aliphatic rings. The molecule has 2 rings (SSSR count). The van der Waals surface area contributed by atoms with E-state index in [9.17, 15) is 0 Å². The van der Waals surface area contributed by atoms with Gasteiger partial charge in [-0.2, -0.15) is 0 Å². The minimum atomic E-state index is 0.696. The lowest BCUT2D eigenvalue weighted by Gasteiger charge is -2.05. The number of pyridine rings is 2. The molecule has 0 unspecified atom stereocenters. The van der Waals surface area contributed by atoms with Crippen molar-refractivity contribution in [3.05, 3.63) is 41.9 Å². The zero-order chi connectivity index (χ0) is 10.8. The highest BCUT2D eigenvalue weighted by Crippen LogP contribution is 2.22. The molecule has 2 aromatic heterocycles. The van der Waals surface area contributed by atoms with E-state index in [2.05, 4.69) is 9.97 Å². The molecule has 0 bridgehead atoms. The Balaban J connectivity index is 2.54. The highest BCUT2D eigenvalue weighted by molar-refractivity contribution is 5.64. The molecule has 3 nitrogen and oxygen atoms in total. The summed E-state index contributed by atoms with van der Waals surface area (Å²) in [6.07, 6.45) is 3.47. The number of anilines is 1. The maximum Gasteiger partial charge on any atom is 0.0733 e. The zero-order valence-electron chi connectivity index (χ0n) is 8.86. The van der Waals surface area contributed by atoms with Crippen molar-refractivity contribution in [2.24, 2.45) is 0 Å². The second-order valence-electron chi connectivity index (χ2n) is 3.62. The van der Waals surface area contributed by atoms with Crippen LogP contribution in [0.25, 0.3) is 11.3 Å². The van der Waals surface area contributed by atoms with E-state index in [1.165, 1.54) is 0 Å². The number of aryl methyl sites for hydroxylation is 2. The van der Waals surface area contributed by atoms with E-state index in [4.69, 9.17) is 5.73 Å². The number of hydrogen-bond acceptors (Lipinski definition) is 3. The van der Waals surface area contributed by atoms with E-state index < -0.39 is 0 Å². The molecule has 0 aromatic carbocycles. The summed E-state index contributed by atoms with van der Waals surface area (Å²) < 4.78 is 0. The number of rotatable bonds is 1. The van der Waals surface area contributed by atoms with Crippen LogP contribution in [0.15, 0.2) is 30.6 Å². The molecule has 0 radical (unpaired) electrons. The first-order chi connectivity index (χ1) is 7.16. The smallest absolute Gasteiger partial charge is 0.0733 e. The minimum Gasteiger partial charge on any atom is -0.397 e. The van der Waals surface area contributed by atoms with Crippen LogP contribution in [-0.4, -0.2) is 9.97 Å². The third-order valence-corrected chi connectivity index (χ3v) is 2.27. The number of nitrogen functional groups attached to an aromatic ring is 1. The Morgan fingerprint density at radius 3 is 2.60 bits per heavy atom. The average Bonchev–Trinajstić information content (AvgIpc) is 2.17. The van der Waals surface area contributed by atoms with Crippen molar-refractivity contribution < 1.29 is 0 Å². The van der Waals surface area contributed by atoms with Gasteiger partial charge >= 0.3 is 0 Å². The molecule has 0 saturated carbocycles. The molecule has 2 heterocycles. The van der Waals surface area contributed by atoms with Crippen molar-refractivity contribution in [1.29, 1.82) is 0 Å². The normalized spacial score (nSPS) is 10.3. The molecule has 0 aliphatic carbocycles. The van der Waals surface area contributed by atoms with Crippen LogP contribution < -0.4 is 5.73 Å². The summed E-state index contributed by atoms with van der Waals surface area (Å²) in [5.74, 6) is 0. The quantitative estimate of drug-likeness (QED) is 0.767. The predicted molar refractivity (Wildman–Crippen MR) is 61.4 cm³/mol. The summed E-state index contributed by atoms with van der Waals surface area (Å²) in [7, 11) is 0. The Kier molecular flexibility index (Phi) is 2.37. The van der Waals surface area contributed by atoms with Gasteiger partial charge in [0, 0.05) is 17.5 Å². The number of nitrogens with zero attached hydrogens (tertiary/aromatic N) is 2. The summed E-state index contributed by atoms with van der Waals surface area (Å²) in [4.78, 5) is 8.50. The van der Waals surface area contributed by atoms with Crippen molar-refractivity contribution in [3.63, 3.8) is 0 Å². The summed E-state index contributed by atoms with van der Waals surface area (Å²) >= 11 is 0. The molecule has 0 amide bonds. The summed E-state index contributed by atoms with van der Waals surface area (Å²) in [6, 6.07) is 5.90. The Morgan fingerprint density at radius 1 is 1.13 bits per heavy atom. The third-order valence-electron chi connectivity index (χ3n) is 2.27. The predicted octanol–water partition coefficient (Wildman–Crippen LogP) is 2.34. The van der Waals surface area contributed by atoms with Gasteiger partial charge in [-0.25, -0.2) is 0 Å². The zero-order valence-corrected chi connectivity index (χ0v) is 8.86. The van der Waals surface area contributed by atoms with Gasteiger partial charge in [0.15, 0.2) is 0 Å². The molecule has 2 aromatic rings. The molecule has 3 heteroatoms. The van der Waals surface area contributed by atoms with Crippen molar-refractivity contribution >= 4 is 5.69 Å². The Morgan fingerprint density at radius 2 is 1.93 bits per heavy atom. The van der Waals surface area contributed by atoms with Gasteiger partial charge in [-0.1, -0.05) is 0 Å². The van der Waals surface area contributed by atoms with Crippen LogP contribution in [0.1, 0.15) is 11.3 Å². The molecule has 76 valence electrons. The maximum atomic E-state index is 5.66. The third kappa shape index (κ3) is 1.96. The van der Waals surface area contributed by atoms with Crippen LogP contribution in [0.3, 0.4) is 0 Å². The number of hydrogen-bond donors (Lipinski definition) is 1. The number of aromatic nitrogens is 2. The Bertz CT molecular complexity index is 492. The monoisotopic (exact) mass is 199 g/mol. The fourth-order valence-corrected chi connectivity index (χ4v) is 1.59. The SMILES string of the molecule is Cc1cc(-c2ncc(N)cc2C)ccn1. The first-order valence-electron chi connectivity index (χ1n) is 4.82. The lowest BCUT2D eigenvalue weighted by Crippen LogP contribution is -1.93. The van der Waals surface area contributed by atoms with Crippen LogP contribution in [0, 0.1) is 13.8 Å². The molecule has 0 spiro atoms. The van der Waals surface area contributed by atoms with Crippen molar-refractivity contribution in [2.45, 2.75) is 13.8 Å². The van der Waals surface area contributed by atoms with Gasteiger partial charge in [0.25, 0.3) is 0 Å². The maximum absolute atomic E-state index is 5.66. The Hall–Kier alpha value is -1.90. The van der Waals surface area contributed by atoms with Gasteiger partial charge in [0.2, 0.25) is 0 Å². The van der Waals surface area contributed by atoms with Gasteiger partial charge < -0.3 is 5.73 Å². The first-order valence-corrected chi connectivity index (χ1v) is 4.82. The van der Waals surface area contributed by atoms with Gasteiger partial charge in [0.05, 0.1) is 17.6 Å². The van der Waals surface area contributed by atoms with Crippen LogP contribution in [-0.2, 0) is 0 Å². The fraction of sp³-hybridized carbons (Fsp3) is 0.167. The second kappa shape index (κ2) is 3.69. The van der Waals surface area contributed by atoms with Crippen LogP contribution in [0.4, 0.5) is 5.69 Å². The molecule has 0 atom stereocenters. The molecule has 2 N–H and O–H groups in total. The summed E-state index contributed by atoms with van der Waals surface area (Å²) in [5.41, 5.74) is 10.5. The van der Waals surface area contributed by atoms with Crippen LogP contribution in [0.2, 0.25) is 0 Å². The van der Waals surface area contributed by atoms with E-state index in [0.29, 0.717) is 5.69 Å². The van der Waals surface area contributed by atoms with E-state index >= 15 is 0 Å². The topological polar surface area (TPSA) is 51.8 Å². The standard InChI is InChI=1S/C12H13N3/c1-8-5-11(13)7-15-12(8)10-3-4-14-9(2)6-10/h3-7H,13H2,1-2H3. The van der Waals surface area contributed by atoms with Gasteiger partial charge in [0.1, 0.15) is 0 Å². The highest BCUT2D eigenvalue weighted by Gasteiger charge is 2.03. The van der Waals surface area contributed by atoms with E-state index in [0.717, 1.165) is 22.5 Å². The first kappa shape index (κ1) is 9.65. The second-order valence-corrected chi connectivity index (χ2v) is 3.62. The lowest BCUT2D eigenvalue weighted by molar-refractivity contribution is 1.19. The Labute approximate surface area is 89.0 Å². The van der Waals surface area contributed by atoms with Gasteiger partial charge in [-0.05, 0) is 37.6 Å². The highest BCUT2D eigenvalue weighted by atomic mass is 14.7. The molecule has 0 saturated heterocycles. The van der Waals surface area contributed by atoms with E-state index in [1.807, 2.05) is 32.0 Å². The van der Waals surface area contributed by atoms with Crippen molar-refractivity contribution in [3.8, 4) is 11.3 Å². The van der Waals surface area contributed by atoms with Gasteiger partial charge in [-0.3, -0.25) is 9.97 Å². The largest absolute Gasteiger partial charge is 0.397 e.